The van der Waals surface area contributed by atoms with Crippen molar-refractivity contribution in [3.63, 3.8) is 0 Å². The third-order valence-electron chi connectivity index (χ3n) is 5.52. The fourth-order valence-corrected chi connectivity index (χ4v) is 4.50. The first-order chi connectivity index (χ1) is 16.0. The Balaban J connectivity index is 1.54. The van der Waals surface area contributed by atoms with E-state index < -0.39 is 0 Å². The average molecular weight is 457 g/mol. The van der Waals surface area contributed by atoms with Crippen LogP contribution in [0.25, 0.3) is 5.69 Å². The molecule has 2 heterocycles. The Kier molecular flexibility index (Phi) is 6.61. The maximum atomic E-state index is 12.9. The Morgan fingerprint density at radius 1 is 1.03 bits per heavy atom. The molecule has 1 N–H and O–H groups in total. The predicted molar refractivity (Wildman–Crippen MR) is 130 cm³/mol. The molecule has 166 valence electrons. The first-order valence-corrected chi connectivity index (χ1v) is 11.5. The molecule has 0 unspecified atom stereocenters. The van der Waals surface area contributed by atoms with Gasteiger partial charge in [0.15, 0.2) is 5.16 Å². The van der Waals surface area contributed by atoms with Gasteiger partial charge in [-0.2, -0.15) is 5.26 Å². The number of benzene rings is 2. The van der Waals surface area contributed by atoms with E-state index in [1.165, 1.54) is 11.8 Å². The molecule has 0 bridgehead atoms. The molecule has 1 amide bonds. The minimum Gasteiger partial charge on any atom is -0.326 e. The van der Waals surface area contributed by atoms with E-state index in [1.54, 1.807) is 0 Å². The van der Waals surface area contributed by atoms with Gasteiger partial charge in [-0.15, -0.1) is 10.2 Å². The molecule has 0 saturated carbocycles. The van der Waals surface area contributed by atoms with E-state index in [1.807, 2.05) is 90.6 Å². The summed E-state index contributed by atoms with van der Waals surface area (Å²) in [4.78, 5) is 12.9. The Morgan fingerprint density at radius 2 is 1.70 bits per heavy atom. The number of hydrogen-bond acceptors (Lipinski definition) is 5. The van der Waals surface area contributed by atoms with Gasteiger partial charge in [-0.05, 0) is 44.0 Å². The van der Waals surface area contributed by atoms with Gasteiger partial charge in [0.2, 0.25) is 5.91 Å². The standard InChI is InChI=1S/C25H24N6OS/c1-17-18(2)30(15-20-10-6-4-7-11-20)24(22(17)14-26)27-23(32)16-33-25-29-28-19(3)31(25)21-12-8-5-9-13-21/h4-13H,15-16H2,1-3H3,(H,27,32). The SMILES string of the molecule is Cc1c(C#N)c(NC(=O)CSc2nnc(C)n2-c2ccccc2)n(Cc2ccccc2)c1C. The number of aromatic nitrogens is 4. The van der Waals surface area contributed by atoms with Gasteiger partial charge in [0, 0.05) is 17.9 Å². The molecule has 2 aromatic heterocycles. The molecule has 4 rings (SSSR count). The number of aryl methyl sites for hydroxylation is 1. The Labute approximate surface area is 197 Å². The maximum Gasteiger partial charge on any atom is 0.235 e. The van der Waals surface area contributed by atoms with Crippen LogP contribution in [0.15, 0.2) is 65.8 Å². The highest BCUT2D eigenvalue weighted by atomic mass is 32.2. The predicted octanol–water partition coefficient (Wildman–Crippen LogP) is 4.64. The van der Waals surface area contributed by atoms with Crippen molar-refractivity contribution in [3.05, 3.63) is 88.9 Å². The summed E-state index contributed by atoms with van der Waals surface area (Å²) < 4.78 is 3.91. The van der Waals surface area contributed by atoms with Gasteiger partial charge in [0.1, 0.15) is 17.7 Å². The summed E-state index contributed by atoms with van der Waals surface area (Å²) in [5, 5.41) is 21.8. The van der Waals surface area contributed by atoms with E-state index in [0.29, 0.717) is 23.1 Å². The molecule has 0 saturated heterocycles. The molecular weight excluding hydrogens is 432 g/mol. The highest BCUT2D eigenvalue weighted by molar-refractivity contribution is 7.99. The lowest BCUT2D eigenvalue weighted by Crippen LogP contribution is -2.19. The average Bonchev–Trinajstić information content (AvgIpc) is 3.31. The fraction of sp³-hybridized carbons (Fsp3) is 0.200. The molecule has 0 aliphatic rings. The number of amides is 1. The normalized spacial score (nSPS) is 10.7. The van der Waals surface area contributed by atoms with Gasteiger partial charge < -0.3 is 9.88 Å². The van der Waals surface area contributed by atoms with Crippen molar-refractivity contribution in [2.45, 2.75) is 32.5 Å². The lowest BCUT2D eigenvalue weighted by molar-refractivity contribution is -0.113. The van der Waals surface area contributed by atoms with E-state index in [9.17, 15) is 10.1 Å². The van der Waals surface area contributed by atoms with Crippen molar-refractivity contribution in [2.24, 2.45) is 0 Å². The van der Waals surface area contributed by atoms with Crippen LogP contribution in [0.1, 0.15) is 28.2 Å². The third-order valence-corrected chi connectivity index (χ3v) is 6.45. The molecule has 0 spiro atoms. The van der Waals surface area contributed by atoms with Crippen molar-refractivity contribution in [1.29, 1.82) is 5.26 Å². The van der Waals surface area contributed by atoms with Gasteiger partial charge in [-0.1, -0.05) is 60.3 Å². The zero-order valence-electron chi connectivity index (χ0n) is 18.7. The fourth-order valence-electron chi connectivity index (χ4n) is 3.70. The van der Waals surface area contributed by atoms with E-state index in [0.717, 1.165) is 28.3 Å². The Hall–Kier alpha value is -3.83. The largest absolute Gasteiger partial charge is 0.326 e. The third kappa shape index (κ3) is 4.69. The molecule has 8 heteroatoms. The summed E-state index contributed by atoms with van der Waals surface area (Å²) in [5.74, 6) is 1.22. The first kappa shape index (κ1) is 22.4. The molecule has 0 aliphatic carbocycles. The van der Waals surface area contributed by atoms with Crippen LogP contribution in [0, 0.1) is 32.1 Å². The second-order valence-electron chi connectivity index (χ2n) is 7.66. The topological polar surface area (TPSA) is 88.5 Å². The molecule has 33 heavy (non-hydrogen) atoms. The van der Waals surface area contributed by atoms with Gasteiger partial charge in [-0.3, -0.25) is 9.36 Å². The number of nitrogens with one attached hydrogen (secondary N) is 1. The summed E-state index contributed by atoms with van der Waals surface area (Å²) in [7, 11) is 0. The van der Waals surface area contributed by atoms with Crippen molar-refractivity contribution in [2.75, 3.05) is 11.1 Å². The molecule has 0 atom stereocenters. The van der Waals surface area contributed by atoms with Crippen molar-refractivity contribution in [1.82, 2.24) is 19.3 Å². The van der Waals surface area contributed by atoms with Crippen LogP contribution in [-0.4, -0.2) is 31.0 Å². The maximum absolute atomic E-state index is 12.9. The summed E-state index contributed by atoms with van der Waals surface area (Å²) >= 11 is 1.31. The number of carbonyl (C=O) groups excluding carboxylic acids is 1. The van der Waals surface area contributed by atoms with Gasteiger partial charge in [0.05, 0.1) is 11.3 Å². The molecule has 2 aromatic carbocycles. The number of rotatable bonds is 7. The van der Waals surface area contributed by atoms with Crippen LogP contribution >= 0.6 is 11.8 Å². The van der Waals surface area contributed by atoms with E-state index in [2.05, 4.69) is 21.6 Å². The number of nitrogens with zero attached hydrogens (tertiary/aromatic N) is 5. The molecule has 7 nitrogen and oxygen atoms in total. The van der Waals surface area contributed by atoms with Gasteiger partial charge >= 0.3 is 0 Å². The zero-order chi connectivity index (χ0) is 23.4. The van der Waals surface area contributed by atoms with Crippen LogP contribution in [-0.2, 0) is 11.3 Å². The minimum atomic E-state index is -0.205. The number of carbonyl (C=O) groups is 1. The summed E-state index contributed by atoms with van der Waals surface area (Å²) in [5.41, 5.74) is 4.35. The summed E-state index contributed by atoms with van der Waals surface area (Å²) in [6.45, 7) is 6.32. The van der Waals surface area contributed by atoms with Crippen LogP contribution in [0.2, 0.25) is 0 Å². The monoisotopic (exact) mass is 456 g/mol. The number of anilines is 1. The molecule has 0 fully saturated rings. The summed E-state index contributed by atoms with van der Waals surface area (Å²) in [6.07, 6.45) is 0. The van der Waals surface area contributed by atoms with E-state index in [4.69, 9.17) is 0 Å². The Bertz CT molecular complexity index is 1320. The first-order valence-electron chi connectivity index (χ1n) is 10.5. The van der Waals surface area contributed by atoms with Crippen molar-refractivity contribution >= 4 is 23.5 Å². The minimum absolute atomic E-state index is 0.143. The van der Waals surface area contributed by atoms with Crippen LogP contribution < -0.4 is 5.32 Å². The second-order valence-corrected chi connectivity index (χ2v) is 8.60. The highest BCUT2D eigenvalue weighted by Crippen LogP contribution is 2.28. The van der Waals surface area contributed by atoms with Crippen molar-refractivity contribution < 1.29 is 4.79 Å². The van der Waals surface area contributed by atoms with Crippen LogP contribution in [0.3, 0.4) is 0 Å². The molecule has 0 radical (unpaired) electrons. The van der Waals surface area contributed by atoms with E-state index >= 15 is 0 Å². The number of para-hydroxylation sites is 1. The zero-order valence-corrected chi connectivity index (χ0v) is 19.6. The number of hydrogen-bond donors (Lipinski definition) is 1. The van der Waals surface area contributed by atoms with E-state index in [-0.39, 0.29) is 11.7 Å². The second kappa shape index (κ2) is 9.76. The summed E-state index contributed by atoms with van der Waals surface area (Å²) in [6, 6.07) is 22.0. The van der Waals surface area contributed by atoms with Gasteiger partial charge in [0.25, 0.3) is 0 Å². The van der Waals surface area contributed by atoms with Crippen molar-refractivity contribution in [3.8, 4) is 11.8 Å². The van der Waals surface area contributed by atoms with Crippen LogP contribution in [0.5, 0.6) is 0 Å². The quantitative estimate of drug-likeness (QED) is 0.409. The van der Waals surface area contributed by atoms with Gasteiger partial charge in [-0.25, -0.2) is 0 Å². The Morgan fingerprint density at radius 3 is 2.36 bits per heavy atom. The lowest BCUT2D eigenvalue weighted by Gasteiger charge is -2.13. The molecule has 0 aliphatic heterocycles. The van der Waals surface area contributed by atoms with Crippen LogP contribution in [0.4, 0.5) is 5.82 Å². The molecule has 4 aromatic rings. The smallest absolute Gasteiger partial charge is 0.235 e. The number of nitriles is 1. The molecular formula is C25H24N6OS. The lowest BCUT2D eigenvalue weighted by atomic mass is 10.2. The highest BCUT2D eigenvalue weighted by Gasteiger charge is 2.20. The number of thioether (sulfide) groups is 1.